The number of amides is 1. The van der Waals surface area contributed by atoms with Crippen LogP contribution in [0.4, 0.5) is 0 Å². The highest BCUT2D eigenvalue weighted by Crippen LogP contribution is 2.21. The molecule has 1 amide bonds. The molecular formula is C16H19ClN2O2. The van der Waals surface area contributed by atoms with Gasteiger partial charge in [-0.15, -0.1) is 0 Å². The summed E-state index contributed by atoms with van der Waals surface area (Å²) in [6, 6.07) is 9.08. The van der Waals surface area contributed by atoms with Crippen molar-refractivity contribution in [1.29, 1.82) is 0 Å². The summed E-state index contributed by atoms with van der Waals surface area (Å²) < 4.78 is 5.37. The van der Waals surface area contributed by atoms with Crippen LogP contribution in [0.2, 0.25) is 5.02 Å². The van der Waals surface area contributed by atoms with Crippen LogP contribution in [-0.4, -0.2) is 29.6 Å². The number of aromatic nitrogens is 1. The minimum absolute atomic E-state index is 0.235. The summed E-state index contributed by atoms with van der Waals surface area (Å²) in [5.74, 6) is -0.235. The lowest BCUT2D eigenvalue weighted by molar-refractivity contribution is 0.0722. The van der Waals surface area contributed by atoms with Gasteiger partial charge in [-0.1, -0.05) is 29.8 Å². The Balaban J connectivity index is 2.21. The van der Waals surface area contributed by atoms with Crippen molar-refractivity contribution in [3.8, 4) is 0 Å². The second-order valence-corrected chi connectivity index (χ2v) is 5.89. The topological polar surface area (TPSA) is 51.2 Å². The van der Waals surface area contributed by atoms with E-state index < -0.39 is 5.54 Å². The molecule has 5 heteroatoms. The number of carbonyl (C=O) groups is 1. The first kappa shape index (κ1) is 15.7. The van der Waals surface area contributed by atoms with Crippen molar-refractivity contribution >= 4 is 28.4 Å². The average molecular weight is 307 g/mol. The fourth-order valence-electron chi connectivity index (χ4n) is 2.00. The first-order valence-electron chi connectivity index (χ1n) is 6.88. The molecular weight excluding hydrogens is 288 g/mol. The molecule has 4 nitrogen and oxygen atoms in total. The zero-order valence-corrected chi connectivity index (χ0v) is 13.2. The predicted octanol–water partition coefficient (Wildman–Crippen LogP) is 3.43. The quantitative estimate of drug-likeness (QED) is 0.920. The number of fused-ring (bicyclic) bond motifs is 1. The Morgan fingerprint density at radius 3 is 2.81 bits per heavy atom. The summed E-state index contributed by atoms with van der Waals surface area (Å²) >= 11 is 6.12. The van der Waals surface area contributed by atoms with E-state index in [9.17, 15) is 4.79 Å². The van der Waals surface area contributed by atoms with Gasteiger partial charge in [0.1, 0.15) is 5.69 Å². The maximum Gasteiger partial charge on any atom is 0.270 e. The number of halogens is 1. The Labute approximate surface area is 129 Å². The summed E-state index contributed by atoms with van der Waals surface area (Å²) in [5.41, 5.74) is 0.527. The van der Waals surface area contributed by atoms with Crippen molar-refractivity contribution in [3.63, 3.8) is 0 Å². The summed E-state index contributed by atoms with van der Waals surface area (Å²) in [6.07, 6.45) is 0. The number of hydrogen-bond donors (Lipinski definition) is 1. The number of ether oxygens (including phenoxy) is 1. The van der Waals surface area contributed by atoms with E-state index in [-0.39, 0.29) is 5.91 Å². The molecule has 0 radical (unpaired) electrons. The van der Waals surface area contributed by atoms with Crippen LogP contribution in [0.1, 0.15) is 31.3 Å². The smallest absolute Gasteiger partial charge is 0.270 e. The van der Waals surface area contributed by atoms with Gasteiger partial charge in [0.05, 0.1) is 22.7 Å². The van der Waals surface area contributed by atoms with E-state index in [2.05, 4.69) is 10.3 Å². The predicted molar refractivity (Wildman–Crippen MR) is 84.8 cm³/mol. The molecule has 2 aromatic rings. The SMILES string of the molecule is CCOCC(C)(C)NC(=O)c1ccc2cccc(Cl)c2n1. The van der Waals surface area contributed by atoms with Gasteiger partial charge in [0.2, 0.25) is 0 Å². The number of pyridine rings is 1. The van der Waals surface area contributed by atoms with Crippen molar-refractivity contribution in [1.82, 2.24) is 10.3 Å². The van der Waals surface area contributed by atoms with Gasteiger partial charge >= 0.3 is 0 Å². The zero-order chi connectivity index (χ0) is 15.5. The highest BCUT2D eigenvalue weighted by Gasteiger charge is 2.22. The molecule has 0 fully saturated rings. The molecule has 0 aliphatic carbocycles. The Morgan fingerprint density at radius 2 is 2.10 bits per heavy atom. The minimum Gasteiger partial charge on any atom is -0.379 e. The van der Waals surface area contributed by atoms with Crippen LogP contribution in [-0.2, 0) is 4.74 Å². The normalized spacial score (nSPS) is 11.6. The molecule has 1 aromatic heterocycles. The van der Waals surface area contributed by atoms with E-state index in [1.54, 1.807) is 12.1 Å². The van der Waals surface area contributed by atoms with Gasteiger partial charge < -0.3 is 10.1 Å². The van der Waals surface area contributed by atoms with Crippen molar-refractivity contribution in [2.45, 2.75) is 26.3 Å². The highest BCUT2D eigenvalue weighted by atomic mass is 35.5. The first-order chi connectivity index (χ1) is 9.93. The third kappa shape index (κ3) is 3.93. The monoisotopic (exact) mass is 306 g/mol. The summed E-state index contributed by atoms with van der Waals surface area (Å²) in [7, 11) is 0. The Bertz CT molecular complexity index is 656. The molecule has 1 aromatic carbocycles. The molecule has 21 heavy (non-hydrogen) atoms. The van der Waals surface area contributed by atoms with Crippen molar-refractivity contribution in [3.05, 3.63) is 41.0 Å². The number of rotatable bonds is 5. The van der Waals surface area contributed by atoms with Crippen LogP contribution in [0.3, 0.4) is 0 Å². The van der Waals surface area contributed by atoms with E-state index in [1.165, 1.54) is 0 Å². The highest BCUT2D eigenvalue weighted by molar-refractivity contribution is 6.35. The number of benzene rings is 1. The van der Waals surface area contributed by atoms with E-state index in [1.807, 2.05) is 39.0 Å². The van der Waals surface area contributed by atoms with Crippen LogP contribution >= 0.6 is 11.6 Å². The third-order valence-electron chi connectivity index (χ3n) is 3.02. The average Bonchev–Trinajstić information content (AvgIpc) is 2.45. The number of para-hydroxylation sites is 1. The fourth-order valence-corrected chi connectivity index (χ4v) is 2.23. The fraction of sp³-hybridized carbons (Fsp3) is 0.375. The molecule has 2 rings (SSSR count). The molecule has 112 valence electrons. The van der Waals surface area contributed by atoms with Crippen LogP contribution in [0.15, 0.2) is 30.3 Å². The van der Waals surface area contributed by atoms with Gasteiger partial charge in [-0.3, -0.25) is 4.79 Å². The summed E-state index contributed by atoms with van der Waals surface area (Å²) in [4.78, 5) is 16.7. The van der Waals surface area contributed by atoms with E-state index in [0.29, 0.717) is 29.4 Å². The molecule has 1 N–H and O–H groups in total. The lowest BCUT2D eigenvalue weighted by Gasteiger charge is -2.25. The lowest BCUT2D eigenvalue weighted by atomic mass is 10.1. The maximum atomic E-state index is 12.3. The molecule has 1 heterocycles. The third-order valence-corrected chi connectivity index (χ3v) is 3.33. The molecule has 0 atom stereocenters. The van der Waals surface area contributed by atoms with Gasteiger partial charge in [0, 0.05) is 12.0 Å². The second kappa shape index (κ2) is 6.41. The standard InChI is InChI=1S/C16H19ClN2O2/c1-4-21-10-16(2,3)19-15(20)13-9-8-11-6-5-7-12(17)14(11)18-13/h5-9H,4,10H2,1-3H3,(H,19,20). The molecule has 0 bridgehead atoms. The Hall–Kier alpha value is -1.65. The molecule has 0 saturated heterocycles. The maximum absolute atomic E-state index is 12.3. The van der Waals surface area contributed by atoms with Crippen LogP contribution < -0.4 is 5.32 Å². The number of nitrogens with one attached hydrogen (secondary N) is 1. The summed E-state index contributed by atoms with van der Waals surface area (Å²) in [6.45, 7) is 6.81. The molecule has 0 saturated carbocycles. The van der Waals surface area contributed by atoms with Gasteiger partial charge in [-0.05, 0) is 32.9 Å². The Kier molecular flexibility index (Phi) is 4.80. The van der Waals surface area contributed by atoms with Gasteiger partial charge in [0.25, 0.3) is 5.91 Å². The lowest BCUT2D eigenvalue weighted by Crippen LogP contribution is -2.47. The van der Waals surface area contributed by atoms with Crippen molar-refractivity contribution in [2.24, 2.45) is 0 Å². The minimum atomic E-state index is -0.454. The second-order valence-electron chi connectivity index (χ2n) is 5.48. The van der Waals surface area contributed by atoms with Gasteiger partial charge in [-0.2, -0.15) is 0 Å². The van der Waals surface area contributed by atoms with Crippen LogP contribution in [0, 0.1) is 0 Å². The molecule has 0 unspecified atom stereocenters. The van der Waals surface area contributed by atoms with Crippen LogP contribution in [0.5, 0.6) is 0 Å². The van der Waals surface area contributed by atoms with E-state index in [4.69, 9.17) is 16.3 Å². The zero-order valence-electron chi connectivity index (χ0n) is 12.4. The summed E-state index contributed by atoms with van der Waals surface area (Å²) in [5, 5.41) is 4.37. The largest absolute Gasteiger partial charge is 0.379 e. The number of hydrogen-bond acceptors (Lipinski definition) is 3. The van der Waals surface area contributed by atoms with Crippen molar-refractivity contribution in [2.75, 3.05) is 13.2 Å². The molecule has 0 spiro atoms. The molecule has 0 aliphatic heterocycles. The Morgan fingerprint density at radius 1 is 1.33 bits per heavy atom. The van der Waals surface area contributed by atoms with E-state index >= 15 is 0 Å². The van der Waals surface area contributed by atoms with E-state index in [0.717, 1.165) is 5.39 Å². The molecule has 0 aliphatic rings. The number of nitrogens with zero attached hydrogens (tertiary/aromatic N) is 1. The number of carbonyl (C=O) groups excluding carboxylic acids is 1. The van der Waals surface area contributed by atoms with Gasteiger partial charge in [0.15, 0.2) is 0 Å². The van der Waals surface area contributed by atoms with Gasteiger partial charge in [-0.25, -0.2) is 4.98 Å². The van der Waals surface area contributed by atoms with Crippen LogP contribution in [0.25, 0.3) is 10.9 Å². The van der Waals surface area contributed by atoms with Crippen molar-refractivity contribution < 1.29 is 9.53 Å². The first-order valence-corrected chi connectivity index (χ1v) is 7.26.